The predicted octanol–water partition coefficient (Wildman–Crippen LogP) is 1.94. The Morgan fingerprint density at radius 3 is 2.56 bits per heavy atom. The number of carbonyl (C=O) groups excluding carboxylic acids is 2. The van der Waals surface area contributed by atoms with Crippen LogP contribution in [0.2, 0.25) is 5.32 Å². The Morgan fingerprint density at radius 1 is 1.24 bits per heavy atom. The van der Waals surface area contributed by atoms with Gasteiger partial charge >= 0.3 is 142 Å². The number of nitrogens with one attached hydrogen (secondary N) is 1. The normalized spacial score (nSPS) is 12.9. The number of nitrogens with zero attached hydrogens (tertiary/aromatic N) is 2. The van der Waals surface area contributed by atoms with Crippen LogP contribution in [0.15, 0.2) is 30.3 Å². The van der Waals surface area contributed by atoms with E-state index in [2.05, 4.69) is 0 Å². The topological polar surface area (TPSA) is 130 Å². The summed E-state index contributed by atoms with van der Waals surface area (Å²) in [5, 5.41) is 19.7. The minimum absolute atomic E-state index is 0. The van der Waals surface area contributed by atoms with Crippen molar-refractivity contribution in [1.82, 2.24) is 4.90 Å². The molecule has 1 aliphatic heterocycles. The quantitative estimate of drug-likeness (QED) is 0.172. The summed E-state index contributed by atoms with van der Waals surface area (Å²) in [6, 6.07) is 7.46. The van der Waals surface area contributed by atoms with E-state index in [-0.39, 0.29) is 54.5 Å². The van der Waals surface area contributed by atoms with E-state index in [0.29, 0.717) is 21.7 Å². The minimum atomic E-state index is -0.560. The first-order chi connectivity index (χ1) is 11.4. The summed E-state index contributed by atoms with van der Waals surface area (Å²) in [7, 11) is 0. The molecule has 0 radical (unpaired) electrons. The van der Waals surface area contributed by atoms with Gasteiger partial charge in [-0.2, -0.15) is 0 Å². The molecule has 0 saturated heterocycles. The monoisotopic (exact) mass is 472 g/mol. The number of nitro benzene ring substituents is 1. The van der Waals surface area contributed by atoms with Crippen LogP contribution in [0.25, 0.3) is 10.8 Å². The second-order valence-corrected chi connectivity index (χ2v) is 7.51. The number of benzene rings is 2. The maximum absolute atomic E-state index is 12.7. The van der Waals surface area contributed by atoms with Crippen molar-refractivity contribution in [3.8, 4) is 0 Å². The molecule has 0 aromatic heterocycles. The van der Waals surface area contributed by atoms with Gasteiger partial charge in [-0.15, -0.1) is 17.0 Å². The molecule has 25 heavy (non-hydrogen) atoms. The summed E-state index contributed by atoms with van der Waals surface area (Å²) < 4.78 is 0.0394. The van der Waals surface area contributed by atoms with Gasteiger partial charge in [0.25, 0.3) is 0 Å². The molecule has 8 nitrogen and oxygen atoms in total. The van der Waals surface area contributed by atoms with E-state index >= 15 is 0 Å². The van der Waals surface area contributed by atoms with Crippen LogP contribution in [-0.2, 0) is 0 Å². The number of hydrogen-bond donors (Lipinski definition) is 2. The van der Waals surface area contributed by atoms with Crippen molar-refractivity contribution in [3.05, 3.63) is 51.6 Å². The van der Waals surface area contributed by atoms with Crippen molar-refractivity contribution in [3.63, 3.8) is 0 Å². The van der Waals surface area contributed by atoms with Crippen LogP contribution in [0, 0.1) is 15.5 Å². The van der Waals surface area contributed by atoms with E-state index in [9.17, 15) is 19.7 Å². The first kappa shape index (κ1) is 19.0. The number of halogens is 1. The molecule has 0 saturated carbocycles. The summed E-state index contributed by atoms with van der Waals surface area (Å²) >= 11 is -0.296. The van der Waals surface area contributed by atoms with E-state index in [1.54, 1.807) is 18.2 Å². The van der Waals surface area contributed by atoms with E-state index in [0.717, 1.165) is 4.90 Å². The first-order valence-corrected chi connectivity index (χ1v) is 9.01. The van der Waals surface area contributed by atoms with Crippen molar-refractivity contribution < 1.29 is 14.5 Å². The van der Waals surface area contributed by atoms with Crippen molar-refractivity contribution in [2.24, 2.45) is 5.73 Å². The number of amides is 2. The molecule has 0 spiro atoms. The number of hydrogen-bond acceptors (Lipinski definition) is 5. The van der Waals surface area contributed by atoms with Crippen molar-refractivity contribution >= 4 is 64.9 Å². The molecule has 0 bridgehead atoms. The molecule has 0 aliphatic carbocycles. The average Bonchev–Trinajstić information content (AvgIpc) is 2.54. The maximum atomic E-state index is 12.7. The Bertz CT molecular complexity index is 918. The van der Waals surface area contributed by atoms with Crippen molar-refractivity contribution in [1.29, 1.82) is 5.41 Å². The van der Waals surface area contributed by atoms with Crippen LogP contribution in [0.5, 0.6) is 0 Å². The van der Waals surface area contributed by atoms with E-state index < -0.39 is 16.7 Å². The van der Waals surface area contributed by atoms with Gasteiger partial charge in [-0.05, 0) is 0 Å². The SMILES string of the molecule is Br.N=C(N)[Se]CCN1C(=O)c2cccc3cc([N+](=O)[O-])cc(c23)C1=O. The number of non-ortho nitro benzene ring substituents is 1. The summed E-state index contributed by atoms with van der Waals surface area (Å²) in [6.07, 6.45) is 0. The molecule has 130 valence electrons. The zero-order chi connectivity index (χ0) is 17.4. The van der Waals surface area contributed by atoms with Crippen molar-refractivity contribution in [2.75, 3.05) is 6.54 Å². The molecular weight excluding hydrogens is 459 g/mol. The Balaban J connectivity index is 0.00000225. The van der Waals surface area contributed by atoms with Gasteiger partial charge in [-0.25, -0.2) is 0 Å². The fourth-order valence-electron chi connectivity index (χ4n) is 2.70. The standard InChI is InChI=1S/C15H12N4O4Se.BrH/c16-15(17)24-5-4-18-13(20)10-3-1-2-8-6-9(19(22)23)7-11(12(8)10)14(18)21;/h1-3,6-7H,4-5H2,(H3,16,17);1H. The third kappa shape index (κ3) is 3.41. The van der Waals surface area contributed by atoms with E-state index in [1.807, 2.05) is 0 Å². The second kappa shape index (κ2) is 7.30. The first-order valence-electron chi connectivity index (χ1n) is 6.94. The molecule has 0 atom stereocenters. The summed E-state index contributed by atoms with van der Waals surface area (Å²) in [5.41, 5.74) is 5.64. The summed E-state index contributed by atoms with van der Waals surface area (Å²) in [5.74, 6) is -0.974. The third-order valence-electron chi connectivity index (χ3n) is 3.70. The van der Waals surface area contributed by atoms with E-state index in [1.165, 1.54) is 12.1 Å². The van der Waals surface area contributed by atoms with Gasteiger partial charge in [-0.3, -0.25) is 0 Å². The fourth-order valence-corrected chi connectivity index (χ4v) is 3.73. The Kier molecular flexibility index (Phi) is 5.56. The Morgan fingerprint density at radius 2 is 1.92 bits per heavy atom. The molecule has 10 heteroatoms. The van der Waals surface area contributed by atoms with Gasteiger partial charge in [-0.1, -0.05) is 0 Å². The van der Waals surface area contributed by atoms with Crippen LogP contribution in [0.3, 0.4) is 0 Å². The van der Waals surface area contributed by atoms with Gasteiger partial charge in [0.15, 0.2) is 0 Å². The van der Waals surface area contributed by atoms with Crippen LogP contribution in [0.4, 0.5) is 5.69 Å². The third-order valence-corrected chi connectivity index (χ3v) is 5.16. The summed E-state index contributed by atoms with van der Waals surface area (Å²) in [6.45, 7) is 0.135. The molecule has 0 unspecified atom stereocenters. The Hall–Kier alpha value is -2.29. The average molecular weight is 472 g/mol. The molecule has 2 aromatic carbocycles. The molecule has 2 aromatic rings. The van der Waals surface area contributed by atoms with Gasteiger partial charge in [0.2, 0.25) is 0 Å². The molecule has 1 heterocycles. The zero-order valence-corrected chi connectivity index (χ0v) is 16.1. The predicted molar refractivity (Wildman–Crippen MR) is 98.8 cm³/mol. The van der Waals surface area contributed by atoms with Crippen LogP contribution in [0.1, 0.15) is 20.7 Å². The molecular formula is C15H13BrN4O4Se. The van der Waals surface area contributed by atoms with Crippen LogP contribution < -0.4 is 5.73 Å². The number of rotatable bonds is 5. The Labute approximate surface area is 158 Å². The molecule has 3 rings (SSSR count). The second-order valence-electron chi connectivity index (χ2n) is 5.13. The number of nitro groups is 1. The van der Waals surface area contributed by atoms with Gasteiger partial charge in [0.1, 0.15) is 0 Å². The van der Waals surface area contributed by atoms with Gasteiger partial charge in [0.05, 0.1) is 0 Å². The number of amidine groups is 1. The number of carbonyl (C=O) groups is 2. The number of imide groups is 1. The molecule has 3 N–H and O–H groups in total. The van der Waals surface area contributed by atoms with Crippen LogP contribution in [-0.4, -0.2) is 47.9 Å². The van der Waals surface area contributed by atoms with Crippen molar-refractivity contribution in [2.45, 2.75) is 5.32 Å². The van der Waals surface area contributed by atoms with Crippen LogP contribution >= 0.6 is 17.0 Å². The molecule has 0 fully saturated rings. The number of nitrogens with two attached hydrogens (primary N) is 1. The van der Waals surface area contributed by atoms with Gasteiger partial charge < -0.3 is 0 Å². The van der Waals surface area contributed by atoms with E-state index in [4.69, 9.17) is 11.1 Å². The zero-order valence-electron chi connectivity index (χ0n) is 12.7. The fraction of sp³-hybridized carbons (Fsp3) is 0.133. The molecule has 2 amide bonds. The summed E-state index contributed by atoms with van der Waals surface area (Å²) in [4.78, 5) is 36.9. The van der Waals surface area contributed by atoms with Gasteiger partial charge in [0, 0.05) is 0 Å². The molecule has 1 aliphatic rings.